The van der Waals surface area contributed by atoms with Crippen molar-refractivity contribution < 1.29 is 33.0 Å². The molecule has 2 aliphatic rings. The van der Waals surface area contributed by atoms with Crippen LogP contribution in [0.5, 0.6) is 0 Å². The van der Waals surface area contributed by atoms with Crippen LogP contribution in [0.1, 0.15) is 40.0 Å². The Morgan fingerprint density at radius 1 is 1.12 bits per heavy atom. The van der Waals surface area contributed by atoms with Gasteiger partial charge in [-0.2, -0.15) is 4.31 Å². The Morgan fingerprint density at radius 2 is 1.73 bits per heavy atom. The lowest BCUT2D eigenvalue weighted by atomic mass is 9.83. The number of likely N-dealkylation sites (tertiary alicyclic amines) is 1. The molecule has 2 saturated heterocycles. The molecule has 0 saturated carbocycles. The number of rotatable bonds is 7. The molecule has 26 heavy (non-hydrogen) atoms. The van der Waals surface area contributed by atoms with Gasteiger partial charge in [0.05, 0.1) is 5.25 Å². The van der Waals surface area contributed by atoms with Gasteiger partial charge in [0.2, 0.25) is 15.9 Å². The van der Waals surface area contributed by atoms with Gasteiger partial charge in [0.1, 0.15) is 12.1 Å². The number of hydrogen-bond donors (Lipinski definition) is 2. The molecule has 2 fully saturated rings. The average Bonchev–Trinajstić information content (AvgIpc) is 2.98. The molecule has 0 aliphatic carbocycles. The van der Waals surface area contributed by atoms with Gasteiger partial charge in [0.25, 0.3) is 0 Å². The molecule has 148 valence electrons. The van der Waals surface area contributed by atoms with Crippen molar-refractivity contribution in [2.24, 2.45) is 11.8 Å². The second kappa shape index (κ2) is 7.51. The molecule has 2 rings (SSSR count). The summed E-state index contributed by atoms with van der Waals surface area (Å²) in [6.45, 7) is 5.07. The number of amides is 1. The first kappa shape index (κ1) is 20.6. The van der Waals surface area contributed by atoms with E-state index in [4.69, 9.17) is 0 Å². The quantitative estimate of drug-likeness (QED) is 0.635. The number of carboxylic acids is 2. The van der Waals surface area contributed by atoms with Crippen LogP contribution < -0.4 is 0 Å². The van der Waals surface area contributed by atoms with Gasteiger partial charge in [-0.15, -0.1) is 0 Å². The molecule has 4 atom stereocenters. The third-order valence-corrected chi connectivity index (χ3v) is 7.47. The molecule has 0 bridgehead atoms. The smallest absolute Gasteiger partial charge is 0.326 e. The van der Waals surface area contributed by atoms with E-state index < -0.39 is 51.1 Å². The van der Waals surface area contributed by atoms with Gasteiger partial charge in [-0.3, -0.25) is 9.59 Å². The van der Waals surface area contributed by atoms with Crippen LogP contribution in [0.2, 0.25) is 0 Å². The van der Waals surface area contributed by atoms with Crippen molar-refractivity contribution >= 4 is 27.9 Å². The fraction of sp³-hybridized carbons (Fsp3) is 0.812. The summed E-state index contributed by atoms with van der Waals surface area (Å²) in [5.41, 5.74) is 0. The van der Waals surface area contributed by atoms with Crippen LogP contribution >= 0.6 is 0 Å². The number of nitrogens with zero attached hydrogens (tertiary/aromatic N) is 2. The normalized spacial score (nSPS) is 28.0. The molecule has 0 aromatic carbocycles. The van der Waals surface area contributed by atoms with Gasteiger partial charge < -0.3 is 15.1 Å². The van der Waals surface area contributed by atoms with Crippen molar-refractivity contribution in [3.8, 4) is 0 Å². The van der Waals surface area contributed by atoms with Crippen LogP contribution in [-0.2, 0) is 24.4 Å². The van der Waals surface area contributed by atoms with Crippen molar-refractivity contribution in [2.75, 3.05) is 13.1 Å². The molecule has 3 unspecified atom stereocenters. The highest BCUT2D eigenvalue weighted by Gasteiger charge is 2.51. The average molecular weight is 390 g/mol. The number of aliphatic carboxylic acids is 2. The standard InChI is InChI=1S/C16H26N2O7S/c1-9(2)26(24,25)18-8-11(13(18)16(22)23)7-10(3)14(19)17-6-4-5-12(17)15(20)21/h9-13H,4-8H2,1-3H3,(H,20,21)(H,22,23)/t10?,11?,12-,13?/m1/s1. The number of sulfonamides is 1. The first-order valence-electron chi connectivity index (χ1n) is 8.75. The zero-order valence-electron chi connectivity index (χ0n) is 15.2. The first-order chi connectivity index (χ1) is 12.0. The lowest BCUT2D eigenvalue weighted by molar-refractivity contribution is -0.152. The summed E-state index contributed by atoms with van der Waals surface area (Å²) in [5.74, 6) is -3.61. The lowest BCUT2D eigenvalue weighted by Gasteiger charge is -2.46. The van der Waals surface area contributed by atoms with Gasteiger partial charge >= 0.3 is 11.9 Å². The second-order valence-electron chi connectivity index (χ2n) is 7.37. The minimum absolute atomic E-state index is 0.0669. The van der Waals surface area contributed by atoms with Crippen LogP contribution in [0.3, 0.4) is 0 Å². The molecule has 0 aromatic heterocycles. The number of carbonyl (C=O) groups is 3. The van der Waals surface area contributed by atoms with Crippen molar-refractivity contribution in [2.45, 2.75) is 57.4 Å². The highest BCUT2D eigenvalue weighted by molar-refractivity contribution is 7.89. The number of carbonyl (C=O) groups excluding carboxylic acids is 1. The van der Waals surface area contributed by atoms with Crippen LogP contribution in [0.15, 0.2) is 0 Å². The summed E-state index contributed by atoms with van der Waals surface area (Å²) >= 11 is 0. The predicted molar refractivity (Wildman–Crippen MR) is 91.8 cm³/mol. The third kappa shape index (κ3) is 3.71. The van der Waals surface area contributed by atoms with Gasteiger partial charge in [-0.1, -0.05) is 6.92 Å². The third-order valence-electron chi connectivity index (χ3n) is 5.25. The van der Waals surface area contributed by atoms with E-state index in [0.29, 0.717) is 19.4 Å². The van der Waals surface area contributed by atoms with E-state index in [0.717, 1.165) is 4.31 Å². The molecule has 1 amide bonds. The Labute approximate surface area is 153 Å². The Balaban J connectivity index is 2.05. The Morgan fingerprint density at radius 3 is 2.23 bits per heavy atom. The highest BCUT2D eigenvalue weighted by Crippen LogP contribution is 2.35. The van der Waals surface area contributed by atoms with Crippen LogP contribution in [0, 0.1) is 11.8 Å². The fourth-order valence-corrected chi connectivity index (χ4v) is 5.25. The Bertz CT molecular complexity index is 691. The van der Waals surface area contributed by atoms with Crippen LogP contribution in [-0.4, -0.2) is 76.1 Å². The number of carboxylic acid groups (broad SMARTS) is 2. The van der Waals surface area contributed by atoms with Gasteiger partial charge in [0, 0.05) is 24.9 Å². The predicted octanol–water partition coefficient (Wildman–Crippen LogP) is 0.211. The van der Waals surface area contributed by atoms with E-state index in [2.05, 4.69) is 0 Å². The van der Waals surface area contributed by atoms with Crippen LogP contribution in [0.25, 0.3) is 0 Å². The molecular formula is C16H26N2O7S. The summed E-state index contributed by atoms with van der Waals surface area (Å²) in [6, 6.07) is -2.01. The molecule has 9 nitrogen and oxygen atoms in total. The van der Waals surface area contributed by atoms with Crippen LogP contribution in [0.4, 0.5) is 0 Å². The first-order valence-corrected chi connectivity index (χ1v) is 10.3. The van der Waals surface area contributed by atoms with Crippen molar-refractivity contribution in [1.82, 2.24) is 9.21 Å². The molecular weight excluding hydrogens is 364 g/mol. The van der Waals surface area contributed by atoms with E-state index in [1.807, 2.05) is 0 Å². The van der Waals surface area contributed by atoms with E-state index in [-0.39, 0.29) is 18.9 Å². The van der Waals surface area contributed by atoms with E-state index in [9.17, 15) is 33.0 Å². The van der Waals surface area contributed by atoms with E-state index in [1.165, 1.54) is 18.7 Å². The summed E-state index contributed by atoms with van der Waals surface area (Å²) in [4.78, 5) is 36.7. The second-order valence-corrected chi connectivity index (χ2v) is 9.81. The summed E-state index contributed by atoms with van der Waals surface area (Å²) < 4.78 is 25.5. The zero-order chi connectivity index (χ0) is 19.8. The van der Waals surface area contributed by atoms with Gasteiger partial charge in [-0.05, 0) is 33.1 Å². The summed E-state index contributed by atoms with van der Waals surface area (Å²) in [6.07, 6.45) is 1.25. The minimum Gasteiger partial charge on any atom is -0.480 e. The molecule has 2 N–H and O–H groups in total. The van der Waals surface area contributed by atoms with E-state index >= 15 is 0 Å². The lowest BCUT2D eigenvalue weighted by Crippen LogP contribution is -2.63. The SMILES string of the molecule is CC(CC1CN(S(=O)(=O)C(C)C)C1C(=O)O)C(=O)N1CCC[C@@H]1C(=O)O. The zero-order valence-corrected chi connectivity index (χ0v) is 16.0. The monoisotopic (exact) mass is 390 g/mol. The maximum absolute atomic E-state index is 12.6. The highest BCUT2D eigenvalue weighted by atomic mass is 32.2. The molecule has 2 aliphatic heterocycles. The largest absolute Gasteiger partial charge is 0.480 e. The van der Waals surface area contributed by atoms with Crippen molar-refractivity contribution in [3.63, 3.8) is 0 Å². The maximum atomic E-state index is 12.6. The summed E-state index contributed by atoms with van der Waals surface area (Å²) in [7, 11) is -3.68. The maximum Gasteiger partial charge on any atom is 0.326 e. The molecule has 0 radical (unpaired) electrons. The summed E-state index contributed by atoms with van der Waals surface area (Å²) in [5, 5.41) is 17.9. The fourth-order valence-electron chi connectivity index (χ4n) is 3.73. The topological polar surface area (TPSA) is 132 Å². The molecule has 10 heteroatoms. The molecule has 0 spiro atoms. The Hall–Kier alpha value is -1.68. The molecule has 0 aromatic rings. The van der Waals surface area contributed by atoms with E-state index in [1.54, 1.807) is 6.92 Å². The van der Waals surface area contributed by atoms with Crippen molar-refractivity contribution in [1.29, 1.82) is 0 Å². The molecule has 2 heterocycles. The van der Waals surface area contributed by atoms with Crippen molar-refractivity contribution in [3.05, 3.63) is 0 Å². The van der Waals surface area contributed by atoms with Gasteiger partial charge in [0.15, 0.2) is 0 Å². The Kier molecular flexibility index (Phi) is 5.96. The number of hydrogen-bond acceptors (Lipinski definition) is 5. The van der Waals surface area contributed by atoms with Gasteiger partial charge in [-0.25, -0.2) is 13.2 Å². The minimum atomic E-state index is -3.68.